The molecular formula is C20H32F3IN4O. The van der Waals surface area contributed by atoms with E-state index in [1.165, 1.54) is 19.4 Å². The highest BCUT2D eigenvalue weighted by molar-refractivity contribution is 14.0. The zero-order valence-corrected chi connectivity index (χ0v) is 19.6. The summed E-state index contributed by atoms with van der Waals surface area (Å²) in [5, 5.41) is 6.62. The Morgan fingerprint density at radius 1 is 1.24 bits per heavy atom. The topological polar surface area (TPSA) is 48.9 Å². The van der Waals surface area contributed by atoms with Crippen molar-refractivity contribution in [2.45, 2.75) is 45.5 Å². The second-order valence-electron chi connectivity index (χ2n) is 7.45. The normalized spacial score (nSPS) is 18.3. The number of hydrogen-bond acceptors (Lipinski definition) is 3. The maximum atomic E-state index is 12.2. The summed E-state index contributed by atoms with van der Waals surface area (Å²) in [6.07, 6.45) is -1.89. The molecule has 0 radical (unpaired) electrons. The molecule has 1 aromatic carbocycles. The molecule has 0 bridgehead atoms. The van der Waals surface area contributed by atoms with Crippen LogP contribution < -0.4 is 15.4 Å². The average molecular weight is 528 g/mol. The van der Waals surface area contributed by atoms with Crippen molar-refractivity contribution in [1.29, 1.82) is 0 Å². The molecule has 1 heterocycles. The predicted molar refractivity (Wildman–Crippen MR) is 121 cm³/mol. The van der Waals surface area contributed by atoms with E-state index in [-0.39, 0.29) is 29.7 Å². The average Bonchev–Trinajstić information content (AvgIpc) is 2.67. The highest BCUT2D eigenvalue weighted by atomic mass is 127. The minimum atomic E-state index is -4.33. The van der Waals surface area contributed by atoms with Gasteiger partial charge in [-0.05, 0) is 56.8 Å². The molecule has 0 aliphatic carbocycles. The molecular weight excluding hydrogens is 496 g/mol. The van der Waals surface area contributed by atoms with E-state index < -0.39 is 12.8 Å². The van der Waals surface area contributed by atoms with Crippen LogP contribution in [0.4, 0.5) is 13.2 Å². The van der Waals surface area contributed by atoms with Crippen molar-refractivity contribution in [3.05, 3.63) is 29.8 Å². The van der Waals surface area contributed by atoms with Crippen LogP contribution in [0, 0.1) is 5.92 Å². The molecule has 1 fully saturated rings. The second kappa shape index (κ2) is 12.5. The van der Waals surface area contributed by atoms with Gasteiger partial charge in [0, 0.05) is 32.7 Å². The number of rotatable bonds is 7. The fourth-order valence-corrected chi connectivity index (χ4v) is 3.25. The summed E-state index contributed by atoms with van der Waals surface area (Å²) >= 11 is 0. The number of nitrogens with zero attached hydrogens (tertiary/aromatic N) is 2. The Bertz CT molecular complexity index is 623. The number of nitrogens with one attached hydrogen (secondary N) is 2. The fourth-order valence-electron chi connectivity index (χ4n) is 3.25. The van der Waals surface area contributed by atoms with Crippen molar-refractivity contribution in [3.8, 4) is 5.75 Å². The summed E-state index contributed by atoms with van der Waals surface area (Å²) < 4.78 is 41.3. The molecule has 1 saturated heterocycles. The Balaban J connectivity index is 0.00000420. The van der Waals surface area contributed by atoms with Crippen LogP contribution >= 0.6 is 24.0 Å². The third kappa shape index (κ3) is 9.88. The summed E-state index contributed by atoms with van der Waals surface area (Å²) in [5.41, 5.74) is 0.936. The van der Waals surface area contributed by atoms with Gasteiger partial charge in [0.25, 0.3) is 0 Å². The first-order valence-electron chi connectivity index (χ1n) is 9.74. The van der Waals surface area contributed by atoms with Crippen molar-refractivity contribution >= 4 is 29.9 Å². The van der Waals surface area contributed by atoms with Crippen molar-refractivity contribution < 1.29 is 17.9 Å². The molecule has 1 unspecified atom stereocenters. The summed E-state index contributed by atoms with van der Waals surface area (Å²) in [7, 11) is 1.73. The lowest BCUT2D eigenvalue weighted by molar-refractivity contribution is -0.153. The van der Waals surface area contributed by atoms with Crippen LogP contribution in [0.25, 0.3) is 0 Å². The van der Waals surface area contributed by atoms with Gasteiger partial charge in [0.1, 0.15) is 5.75 Å². The monoisotopic (exact) mass is 528 g/mol. The molecule has 0 amide bonds. The number of likely N-dealkylation sites (tertiary alicyclic amines) is 1. The van der Waals surface area contributed by atoms with E-state index in [4.69, 9.17) is 4.74 Å². The first-order chi connectivity index (χ1) is 13.3. The minimum Gasteiger partial charge on any atom is -0.484 e. The van der Waals surface area contributed by atoms with Gasteiger partial charge in [0.15, 0.2) is 12.6 Å². The van der Waals surface area contributed by atoms with Crippen molar-refractivity contribution in [3.63, 3.8) is 0 Å². The third-order valence-corrected chi connectivity index (χ3v) is 4.85. The number of ether oxygens (including phenoxy) is 1. The predicted octanol–water partition coefficient (Wildman–Crippen LogP) is 4.03. The maximum absolute atomic E-state index is 12.2. The Hall–Kier alpha value is -1.23. The Morgan fingerprint density at radius 2 is 1.93 bits per heavy atom. The summed E-state index contributed by atoms with van der Waals surface area (Å²) in [6.45, 7) is 6.85. The lowest BCUT2D eigenvalue weighted by Gasteiger charge is -2.35. The van der Waals surface area contributed by atoms with E-state index in [1.807, 2.05) is 0 Å². The van der Waals surface area contributed by atoms with Crippen molar-refractivity contribution in [2.24, 2.45) is 10.9 Å². The number of guanidine groups is 1. The molecule has 0 saturated carbocycles. The highest BCUT2D eigenvalue weighted by Crippen LogP contribution is 2.19. The van der Waals surface area contributed by atoms with Gasteiger partial charge in [-0.1, -0.05) is 12.1 Å². The number of hydrogen-bond donors (Lipinski definition) is 2. The minimum absolute atomic E-state index is 0. The summed E-state index contributed by atoms with van der Waals surface area (Å²) in [4.78, 5) is 6.76. The van der Waals surface area contributed by atoms with Gasteiger partial charge >= 0.3 is 6.18 Å². The SMILES string of the molecule is CN=C(NCc1ccc(OCC(F)(F)F)cc1)NCC1CCCN(C(C)C)C1.I. The van der Waals surface area contributed by atoms with Gasteiger partial charge in [0.05, 0.1) is 0 Å². The molecule has 0 aromatic heterocycles. The second-order valence-corrected chi connectivity index (χ2v) is 7.45. The molecule has 1 aromatic rings. The smallest absolute Gasteiger partial charge is 0.422 e. The number of benzene rings is 1. The van der Waals surface area contributed by atoms with E-state index in [0.29, 0.717) is 18.5 Å². The van der Waals surface area contributed by atoms with Crippen LogP contribution in [0.2, 0.25) is 0 Å². The fraction of sp³-hybridized carbons (Fsp3) is 0.650. The standard InChI is InChI=1S/C20H31F3N4O.HI/c1-15(2)27-10-4-5-17(13-27)12-26-19(24-3)25-11-16-6-8-18(9-7-16)28-14-20(21,22)23;/h6-9,15,17H,4-5,10-14H2,1-3H3,(H2,24,25,26);1H. The molecule has 2 rings (SSSR count). The van der Waals surface area contributed by atoms with Gasteiger partial charge in [-0.15, -0.1) is 24.0 Å². The quantitative estimate of drug-likeness (QED) is 0.319. The summed E-state index contributed by atoms with van der Waals surface area (Å²) in [6, 6.07) is 7.15. The van der Waals surface area contributed by atoms with Gasteiger partial charge in [-0.3, -0.25) is 4.99 Å². The molecule has 29 heavy (non-hydrogen) atoms. The van der Waals surface area contributed by atoms with Gasteiger partial charge in [-0.25, -0.2) is 0 Å². The van der Waals surface area contributed by atoms with Crippen LogP contribution in [-0.2, 0) is 6.54 Å². The van der Waals surface area contributed by atoms with E-state index in [2.05, 4.69) is 34.4 Å². The van der Waals surface area contributed by atoms with Gasteiger partial charge < -0.3 is 20.3 Å². The molecule has 166 valence electrons. The molecule has 1 atom stereocenters. The molecule has 1 aliphatic heterocycles. The first kappa shape index (κ1) is 25.8. The summed E-state index contributed by atoms with van der Waals surface area (Å²) in [5.74, 6) is 1.52. The molecule has 1 aliphatic rings. The number of alkyl halides is 3. The maximum Gasteiger partial charge on any atom is 0.422 e. The van der Waals surface area contributed by atoms with Crippen LogP contribution in [0.1, 0.15) is 32.3 Å². The van der Waals surface area contributed by atoms with Crippen molar-refractivity contribution in [2.75, 3.05) is 33.3 Å². The van der Waals surface area contributed by atoms with E-state index in [0.717, 1.165) is 24.6 Å². The van der Waals surface area contributed by atoms with Crippen LogP contribution in [0.3, 0.4) is 0 Å². The third-order valence-electron chi connectivity index (χ3n) is 4.85. The number of piperidine rings is 1. The number of aliphatic imine (C=N–C) groups is 1. The lowest BCUT2D eigenvalue weighted by atomic mass is 9.97. The lowest BCUT2D eigenvalue weighted by Crippen LogP contribution is -2.45. The van der Waals surface area contributed by atoms with E-state index >= 15 is 0 Å². The Labute approximate surface area is 188 Å². The first-order valence-corrected chi connectivity index (χ1v) is 9.74. The molecule has 2 N–H and O–H groups in total. The molecule has 0 spiro atoms. The zero-order chi connectivity index (χ0) is 20.6. The van der Waals surface area contributed by atoms with Crippen molar-refractivity contribution in [1.82, 2.24) is 15.5 Å². The van der Waals surface area contributed by atoms with Crippen LogP contribution in [-0.4, -0.2) is 56.4 Å². The van der Waals surface area contributed by atoms with Crippen LogP contribution in [0.15, 0.2) is 29.3 Å². The Morgan fingerprint density at radius 3 is 2.52 bits per heavy atom. The van der Waals surface area contributed by atoms with E-state index in [9.17, 15) is 13.2 Å². The Kier molecular flexibility index (Phi) is 11.1. The van der Waals surface area contributed by atoms with E-state index in [1.54, 1.807) is 31.3 Å². The van der Waals surface area contributed by atoms with Gasteiger partial charge in [-0.2, -0.15) is 13.2 Å². The number of halogens is 4. The van der Waals surface area contributed by atoms with Gasteiger partial charge in [0.2, 0.25) is 0 Å². The zero-order valence-electron chi connectivity index (χ0n) is 17.3. The highest BCUT2D eigenvalue weighted by Gasteiger charge is 2.28. The molecule has 9 heteroatoms. The molecule has 5 nitrogen and oxygen atoms in total. The largest absolute Gasteiger partial charge is 0.484 e. The van der Waals surface area contributed by atoms with Crippen LogP contribution in [0.5, 0.6) is 5.75 Å².